The van der Waals surface area contributed by atoms with Gasteiger partial charge in [-0.2, -0.15) is 0 Å². The van der Waals surface area contributed by atoms with Crippen molar-refractivity contribution in [2.45, 2.75) is 44.2 Å². The van der Waals surface area contributed by atoms with E-state index in [2.05, 4.69) is 98.1 Å². The quantitative estimate of drug-likeness (QED) is 0.0525. The highest BCUT2D eigenvalue weighted by molar-refractivity contribution is 7.98. The number of hydrogen-bond acceptors (Lipinski definition) is 10. The van der Waals surface area contributed by atoms with Crippen molar-refractivity contribution in [3.8, 4) is 0 Å². The number of amides is 3. The van der Waals surface area contributed by atoms with Gasteiger partial charge in [0, 0.05) is 35.1 Å². The molecule has 0 saturated carbocycles. The van der Waals surface area contributed by atoms with Crippen molar-refractivity contribution >= 4 is 64.8 Å². The lowest BCUT2D eigenvalue weighted by atomic mass is 10.1. The summed E-state index contributed by atoms with van der Waals surface area (Å²) in [5, 5.41) is 11.2. The molecule has 3 rings (SSSR count). The summed E-state index contributed by atoms with van der Waals surface area (Å²) < 4.78 is 12.0. The van der Waals surface area contributed by atoms with Gasteiger partial charge in [-0.15, -0.1) is 4.91 Å². The third kappa shape index (κ3) is 11.8. The highest BCUT2D eigenvalue weighted by Crippen LogP contribution is 2.55. The molecular formula is C35H42N4O8PS+. The topological polar surface area (TPSA) is 169 Å². The Bertz CT molecular complexity index is 1440. The van der Waals surface area contributed by atoms with E-state index in [0.29, 0.717) is 18.4 Å². The molecule has 0 saturated heterocycles. The Labute approximate surface area is 290 Å². The summed E-state index contributed by atoms with van der Waals surface area (Å²) in [7, 11) is 0.299. The Morgan fingerprint density at radius 2 is 1.22 bits per heavy atom. The van der Waals surface area contributed by atoms with Crippen LogP contribution in [0.15, 0.2) is 95.6 Å². The summed E-state index contributed by atoms with van der Waals surface area (Å²) in [6.07, 6.45) is 1.99. The first-order valence-electron chi connectivity index (χ1n) is 15.8. The highest BCUT2D eigenvalue weighted by Gasteiger charge is 2.44. The van der Waals surface area contributed by atoms with Gasteiger partial charge in [0.15, 0.2) is 0 Å². The van der Waals surface area contributed by atoms with E-state index >= 15 is 0 Å². The number of unbranched alkanes of at least 4 members (excludes halogenated alkanes) is 1. The molecule has 0 aliphatic rings. The second-order valence-corrected chi connectivity index (χ2v) is 15.3. The van der Waals surface area contributed by atoms with Crippen LogP contribution in [0, 0.1) is 4.91 Å². The van der Waals surface area contributed by atoms with Gasteiger partial charge in [0.05, 0.1) is 20.4 Å². The smallest absolute Gasteiger partial charge is 0.328 e. The van der Waals surface area contributed by atoms with Crippen LogP contribution in [0.5, 0.6) is 0 Å². The van der Waals surface area contributed by atoms with Crippen molar-refractivity contribution in [3.63, 3.8) is 0 Å². The number of methoxy groups -OCH3 is 2. The zero-order chi connectivity index (χ0) is 35.5. The van der Waals surface area contributed by atoms with Gasteiger partial charge in [-0.1, -0.05) is 54.6 Å². The van der Waals surface area contributed by atoms with E-state index in [1.807, 2.05) is 18.2 Å². The Balaban J connectivity index is 1.62. The van der Waals surface area contributed by atoms with Crippen LogP contribution in [-0.4, -0.2) is 74.4 Å². The summed E-state index contributed by atoms with van der Waals surface area (Å²) in [6, 6.07) is 29.1. The number of nitrogens with zero attached hydrogens (tertiary/aromatic N) is 1. The lowest BCUT2D eigenvalue weighted by Crippen LogP contribution is -2.49. The van der Waals surface area contributed by atoms with Gasteiger partial charge in [-0.25, -0.2) is 4.79 Å². The van der Waals surface area contributed by atoms with Crippen LogP contribution in [0.1, 0.15) is 32.1 Å². The van der Waals surface area contributed by atoms with Crippen LogP contribution in [0.2, 0.25) is 0 Å². The van der Waals surface area contributed by atoms with Crippen LogP contribution in [0.25, 0.3) is 0 Å². The average molecular weight is 710 g/mol. The van der Waals surface area contributed by atoms with Crippen LogP contribution in [0.3, 0.4) is 0 Å². The molecule has 0 aromatic heterocycles. The maximum absolute atomic E-state index is 13.0. The molecule has 2 atom stereocenters. The molecule has 0 aliphatic carbocycles. The standard InChI is InChI=1S/C35H41N4O8PS/c1-46-33(42)24-36-34(43)30(25-49-39-45)38-32(41)22-21-29(35(44)47-2)37-31(40)20-12-13-23-48(26-14-6-3-7-15-26,27-16-8-4-9-17-27)28-18-10-5-11-19-28/h3-11,14-19,29-30H,12-13,20-25H2,1-2H3,(H2-,36,37,38,40,41,43)/p+1. The molecule has 0 bridgehead atoms. The Morgan fingerprint density at radius 3 is 1.71 bits per heavy atom. The maximum Gasteiger partial charge on any atom is 0.328 e. The first kappa shape index (κ1) is 38.8. The molecule has 260 valence electrons. The van der Waals surface area contributed by atoms with Crippen LogP contribution >= 0.6 is 19.2 Å². The fourth-order valence-corrected chi connectivity index (χ4v) is 10.2. The first-order valence-corrected chi connectivity index (χ1v) is 18.7. The molecule has 3 N–H and O–H groups in total. The number of rotatable bonds is 20. The van der Waals surface area contributed by atoms with E-state index in [1.165, 1.54) is 23.0 Å². The van der Waals surface area contributed by atoms with E-state index in [-0.39, 0.29) is 30.9 Å². The molecule has 3 aromatic rings. The maximum atomic E-state index is 13.0. The van der Waals surface area contributed by atoms with Crippen molar-refractivity contribution in [1.82, 2.24) is 16.0 Å². The van der Waals surface area contributed by atoms with E-state index in [9.17, 15) is 28.9 Å². The predicted octanol–water partition coefficient (Wildman–Crippen LogP) is 2.78. The normalized spacial score (nSPS) is 12.1. The average Bonchev–Trinajstić information content (AvgIpc) is 3.14. The Kier molecular flexibility index (Phi) is 16.4. The van der Waals surface area contributed by atoms with Gasteiger partial charge in [0.1, 0.15) is 41.8 Å². The van der Waals surface area contributed by atoms with Crippen molar-refractivity contribution in [2.75, 3.05) is 32.7 Å². The third-order valence-corrected chi connectivity index (χ3v) is 12.9. The second-order valence-electron chi connectivity index (χ2n) is 11.0. The largest absolute Gasteiger partial charge is 0.468 e. The summed E-state index contributed by atoms with van der Waals surface area (Å²) >= 11 is 0.523. The SMILES string of the molecule is COC(=O)CNC(=O)C(CSN=O)NC(=O)CCC(NC(=O)CCCC[P+](c1ccccc1)(c1ccccc1)c1ccccc1)C(=O)OC. The number of nitrogens with one attached hydrogen (secondary N) is 3. The third-order valence-electron chi connectivity index (χ3n) is 7.80. The monoisotopic (exact) mass is 709 g/mol. The zero-order valence-electron chi connectivity index (χ0n) is 27.5. The molecular weight excluding hydrogens is 667 g/mol. The molecule has 0 heterocycles. The number of esters is 2. The van der Waals surface area contributed by atoms with E-state index in [4.69, 9.17) is 4.74 Å². The van der Waals surface area contributed by atoms with Crippen molar-refractivity contribution < 1.29 is 33.4 Å². The lowest BCUT2D eigenvalue weighted by Gasteiger charge is -2.27. The van der Waals surface area contributed by atoms with Crippen LogP contribution in [0.4, 0.5) is 0 Å². The predicted molar refractivity (Wildman–Crippen MR) is 192 cm³/mol. The zero-order valence-corrected chi connectivity index (χ0v) is 29.3. The fraction of sp³-hybridized carbons (Fsp3) is 0.343. The minimum absolute atomic E-state index is 0.0928. The molecule has 12 nitrogen and oxygen atoms in total. The molecule has 14 heteroatoms. The molecule has 3 aromatic carbocycles. The van der Waals surface area contributed by atoms with E-state index in [1.54, 1.807) is 0 Å². The van der Waals surface area contributed by atoms with Crippen molar-refractivity contribution in [1.29, 1.82) is 0 Å². The molecule has 3 amide bonds. The summed E-state index contributed by atoms with van der Waals surface area (Å²) in [5.74, 6) is -3.27. The fourth-order valence-electron chi connectivity index (χ4n) is 5.36. The number of ether oxygens (including phenoxy) is 2. The Morgan fingerprint density at radius 1 is 0.714 bits per heavy atom. The van der Waals surface area contributed by atoms with Gasteiger partial charge in [-0.05, 0) is 55.7 Å². The minimum atomic E-state index is -2.05. The van der Waals surface area contributed by atoms with Crippen molar-refractivity contribution in [2.24, 2.45) is 4.58 Å². The van der Waals surface area contributed by atoms with Crippen molar-refractivity contribution in [3.05, 3.63) is 95.9 Å². The molecule has 0 radical (unpaired) electrons. The lowest BCUT2D eigenvalue weighted by molar-refractivity contribution is -0.145. The number of benzene rings is 3. The number of nitroso groups, excluding NO2 is 1. The van der Waals surface area contributed by atoms with Gasteiger partial charge in [-0.3, -0.25) is 19.2 Å². The molecule has 49 heavy (non-hydrogen) atoms. The second kappa shape index (κ2) is 20.7. The molecule has 0 fully saturated rings. The van der Waals surface area contributed by atoms with Crippen LogP contribution in [-0.2, 0) is 33.4 Å². The van der Waals surface area contributed by atoms with E-state index < -0.39 is 49.6 Å². The minimum Gasteiger partial charge on any atom is -0.468 e. The summed E-state index contributed by atoms with van der Waals surface area (Å²) in [4.78, 5) is 72.7. The summed E-state index contributed by atoms with van der Waals surface area (Å²) in [5.41, 5.74) is 0. The van der Waals surface area contributed by atoms with Gasteiger partial charge in [0.2, 0.25) is 17.7 Å². The van der Waals surface area contributed by atoms with Crippen LogP contribution < -0.4 is 31.9 Å². The van der Waals surface area contributed by atoms with Gasteiger partial charge < -0.3 is 25.4 Å². The molecule has 2 unspecified atom stereocenters. The highest BCUT2D eigenvalue weighted by atomic mass is 32.2. The number of hydrogen-bond donors (Lipinski definition) is 3. The molecule has 0 spiro atoms. The molecule has 0 aliphatic heterocycles. The number of carbonyl (C=O) groups excluding carboxylic acids is 5. The van der Waals surface area contributed by atoms with Gasteiger partial charge >= 0.3 is 11.9 Å². The van der Waals surface area contributed by atoms with Gasteiger partial charge in [0.25, 0.3) is 0 Å². The summed E-state index contributed by atoms with van der Waals surface area (Å²) in [6.45, 7) is -0.426. The number of carbonyl (C=O) groups is 5. The van der Waals surface area contributed by atoms with E-state index in [0.717, 1.165) is 19.7 Å². The first-order chi connectivity index (χ1) is 23.7. The Hall–Kier alpha value is -4.61.